The van der Waals surface area contributed by atoms with Crippen molar-refractivity contribution in [2.24, 2.45) is 11.7 Å². The standard InChI is InChI=1S/C21H33BN4O2.CO2/c23-21(7-1-2-10-22(27)28)20-8-13-25(14-9-20)16-18-5-3-6-19(15-18)17-26-12-4-11-24-26;2-1-3/h3-6,11-12,15,20-21,27-28H,1-2,7-10,13-14,16-17,23H2;. The van der Waals surface area contributed by atoms with Gasteiger partial charge in [0.1, 0.15) is 0 Å². The SMILES string of the molecule is NC(CCCCB(O)O)C1CCN(Cc2cccc(Cn3cccn3)c2)CC1.O=C=O. The minimum atomic E-state index is -1.18. The lowest BCUT2D eigenvalue weighted by Crippen LogP contribution is -2.40. The summed E-state index contributed by atoms with van der Waals surface area (Å²) in [5, 5.41) is 22.1. The van der Waals surface area contributed by atoms with Crippen molar-refractivity contribution in [3.8, 4) is 0 Å². The fourth-order valence-corrected chi connectivity index (χ4v) is 4.15. The maximum absolute atomic E-state index is 8.91. The van der Waals surface area contributed by atoms with Crippen LogP contribution in [0.1, 0.15) is 43.2 Å². The Hall–Kier alpha value is -2.29. The summed E-state index contributed by atoms with van der Waals surface area (Å²) < 4.78 is 1.95. The zero-order valence-corrected chi connectivity index (χ0v) is 18.0. The van der Waals surface area contributed by atoms with Crippen molar-refractivity contribution in [3.63, 3.8) is 0 Å². The molecule has 1 saturated heterocycles. The molecule has 0 amide bonds. The largest absolute Gasteiger partial charge is 0.451 e. The molecule has 0 bridgehead atoms. The van der Waals surface area contributed by atoms with Crippen molar-refractivity contribution < 1.29 is 19.6 Å². The van der Waals surface area contributed by atoms with Crippen LogP contribution < -0.4 is 5.73 Å². The minimum absolute atomic E-state index is 0.232. The summed E-state index contributed by atoms with van der Waals surface area (Å²) in [7, 11) is -1.18. The predicted octanol–water partition coefficient (Wildman–Crippen LogP) is 1.53. The highest BCUT2D eigenvalue weighted by Crippen LogP contribution is 2.24. The molecule has 31 heavy (non-hydrogen) atoms. The third-order valence-electron chi connectivity index (χ3n) is 5.79. The maximum atomic E-state index is 8.91. The quantitative estimate of drug-likeness (QED) is 0.388. The van der Waals surface area contributed by atoms with Crippen LogP contribution in [0.25, 0.3) is 0 Å². The first-order valence-electron chi connectivity index (χ1n) is 10.9. The third kappa shape index (κ3) is 9.59. The van der Waals surface area contributed by atoms with Crippen LogP contribution in [0.5, 0.6) is 0 Å². The highest BCUT2D eigenvalue weighted by molar-refractivity contribution is 6.40. The number of carbonyl (C=O) groups excluding carboxylic acids is 2. The predicted molar refractivity (Wildman–Crippen MR) is 118 cm³/mol. The molecule has 168 valence electrons. The lowest BCUT2D eigenvalue weighted by molar-refractivity contribution is -0.191. The van der Waals surface area contributed by atoms with Gasteiger partial charge in [0.25, 0.3) is 0 Å². The van der Waals surface area contributed by atoms with Crippen molar-refractivity contribution in [2.75, 3.05) is 13.1 Å². The molecule has 0 spiro atoms. The molecule has 2 heterocycles. The van der Waals surface area contributed by atoms with E-state index in [1.54, 1.807) is 0 Å². The van der Waals surface area contributed by atoms with Crippen molar-refractivity contribution in [1.29, 1.82) is 0 Å². The summed E-state index contributed by atoms with van der Waals surface area (Å²) in [6.07, 6.45) is 9.59. The second-order valence-corrected chi connectivity index (χ2v) is 8.15. The number of likely N-dealkylation sites (tertiary alicyclic amines) is 1. The number of nitrogens with two attached hydrogens (primary N) is 1. The second kappa shape index (κ2) is 13.9. The Morgan fingerprint density at radius 2 is 1.81 bits per heavy atom. The highest BCUT2D eigenvalue weighted by Gasteiger charge is 2.24. The Morgan fingerprint density at radius 3 is 2.42 bits per heavy atom. The van der Waals surface area contributed by atoms with Crippen LogP contribution in [0.4, 0.5) is 0 Å². The zero-order valence-electron chi connectivity index (χ0n) is 18.0. The topological polar surface area (TPSA) is 122 Å². The van der Waals surface area contributed by atoms with Crippen LogP contribution in [-0.4, -0.2) is 57.1 Å². The number of hydrogen-bond acceptors (Lipinski definition) is 7. The number of unbranched alkanes of at least 4 members (excludes halogenated alkanes) is 1. The number of aromatic nitrogens is 2. The molecule has 1 aromatic heterocycles. The van der Waals surface area contributed by atoms with Crippen molar-refractivity contribution in [1.82, 2.24) is 14.7 Å². The minimum Gasteiger partial charge on any atom is -0.427 e. The van der Waals surface area contributed by atoms with Gasteiger partial charge in [0.05, 0.1) is 6.54 Å². The first-order chi connectivity index (χ1) is 15.0. The molecule has 3 rings (SSSR count). The van der Waals surface area contributed by atoms with Gasteiger partial charge >= 0.3 is 13.3 Å². The Bertz CT molecular complexity index is 774. The van der Waals surface area contributed by atoms with Crippen LogP contribution in [-0.2, 0) is 22.7 Å². The smallest absolute Gasteiger partial charge is 0.427 e. The van der Waals surface area contributed by atoms with Gasteiger partial charge in [0, 0.05) is 25.0 Å². The molecule has 0 saturated carbocycles. The Balaban J connectivity index is 0.00000107. The molecular formula is C22H33BN4O4. The van der Waals surface area contributed by atoms with Crippen LogP contribution in [0, 0.1) is 5.92 Å². The Kier molecular flexibility index (Phi) is 11.2. The van der Waals surface area contributed by atoms with E-state index in [9.17, 15) is 0 Å². The van der Waals surface area contributed by atoms with Gasteiger partial charge in [-0.2, -0.15) is 14.7 Å². The lowest BCUT2D eigenvalue weighted by atomic mass is 9.82. The molecule has 1 atom stereocenters. The van der Waals surface area contributed by atoms with E-state index in [1.165, 1.54) is 11.1 Å². The van der Waals surface area contributed by atoms with Gasteiger partial charge in [0.2, 0.25) is 0 Å². The molecule has 9 heteroatoms. The van der Waals surface area contributed by atoms with E-state index in [1.807, 2.05) is 23.1 Å². The fraction of sp³-hybridized carbons (Fsp3) is 0.545. The van der Waals surface area contributed by atoms with E-state index < -0.39 is 7.12 Å². The Morgan fingerprint density at radius 1 is 1.13 bits per heavy atom. The fourth-order valence-electron chi connectivity index (χ4n) is 4.15. The summed E-state index contributed by atoms with van der Waals surface area (Å²) in [5.74, 6) is 0.585. The highest BCUT2D eigenvalue weighted by atomic mass is 16.4. The van der Waals surface area contributed by atoms with Gasteiger partial charge in [0.15, 0.2) is 0 Å². The molecule has 1 aliphatic rings. The normalized spacial score (nSPS) is 15.6. The number of nitrogens with zero attached hydrogens (tertiary/aromatic N) is 3. The van der Waals surface area contributed by atoms with Crippen LogP contribution in [0.15, 0.2) is 42.7 Å². The lowest BCUT2D eigenvalue weighted by Gasteiger charge is -2.35. The van der Waals surface area contributed by atoms with Crippen LogP contribution in [0.3, 0.4) is 0 Å². The molecule has 0 radical (unpaired) electrons. The number of hydrogen-bond donors (Lipinski definition) is 3. The van der Waals surface area contributed by atoms with Gasteiger partial charge in [-0.15, -0.1) is 0 Å². The van der Waals surface area contributed by atoms with E-state index in [-0.39, 0.29) is 12.2 Å². The molecule has 8 nitrogen and oxygen atoms in total. The number of piperidine rings is 1. The molecular weight excluding hydrogens is 395 g/mol. The Labute approximate surface area is 184 Å². The average Bonchev–Trinajstić information content (AvgIpc) is 3.25. The zero-order chi connectivity index (χ0) is 22.5. The molecule has 0 aliphatic carbocycles. The number of benzene rings is 1. The van der Waals surface area contributed by atoms with Gasteiger partial charge in [-0.1, -0.05) is 37.1 Å². The second-order valence-electron chi connectivity index (χ2n) is 8.15. The van der Waals surface area contributed by atoms with Crippen LogP contribution >= 0.6 is 0 Å². The van der Waals surface area contributed by atoms with E-state index >= 15 is 0 Å². The van der Waals surface area contributed by atoms with E-state index in [4.69, 9.17) is 25.4 Å². The van der Waals surface area contributed by atoms with Gasteiger partial charge in [-0.3, -0.25) is 9.58 Å². The average molecular weight is 428 g/mol. The molecule has 4 N–H and O–H groups in total. The molecule has 2 aromatic rings. The maximum Gasteiger partial charge on any atom is 0.451 e. The van der Waals surface area contributed by atoms with Gasteiger partial charge in [-0.05, 0) is 61.8 Å². The summed E-state index contributed by atoms with van der Waals surface area (Å²) in [6, 6.07) is 11.0. The van der Waals surface area contributed by atoms with Crippen molar-refractivity contribution in [3.05, 3.63) is 53.9 Å². The van der Waals surface area contributed by atoms with Gasteiger partial charge < -0.3 is 15.8 Å². The van der Waals surface area contributed by atoms with Crippen LogP contribution in [0.2, 0.25) is 6.32 Å². The van der Waals surface area contributed by atoms with Crippen molar-refractivity contribution >= 4 is 13.3 Å². The number of rotatable bonds is 10. The summed E-state index contributed by atoms with van der Waals surface area (Å²) in [5.41, 5.74) is 9.04. The van der Waals surface area contributed by atoms with E-state index in [0.29, 0.717) is 12.2 Å². The van der Waals surface area contributed by atoms with Crippen molar-refractivity contribution in [2.45, 2.75) is 57.6 Å². The molecule has 1 aliphatic heterocycles. The van der Waals surface area contributed by atoms with E-state index in [0.717, 1.165) is 58.3 Å². The first-order valence-corrected chi connectivity index (χ1v) is 10.9. The molecule has 1 aromatic carbocycles. The monoisotopic (exact) mass is 428 g/mol. The molecule has 1 unspecified atom stereocenters. The third-order valence-corrected chi connectivity index (χ3v) is 5.79. The van der Waals surface area contributed by atoms with E-state index in [2.05, 4.69) is 34.3 Å². The molecule has 1 fully saturated rings. The summed E-state index contributed by atoms with van der Waals surface area (Å²) in [6.45, 7) is 3.99. The first kappa shape index (κ1) is 25.0. The van der Waals surface area contributed by atoms with Gasteiger partial charge in [-0.25, -0.2) is 0 Å². The summed E-state index contributed by atoms with van der Waals surface area (Å²) >= 11 is 0. The summed E-state index contributed by atoms with van der Waals surface area (Å²) in [4.78, 5) is 18.8.